The van der Waals surface area contributed by atoms with Crippen LogP contribution in [0.5, 0.6) is 0 Å². The van der Waals surface area contributed by atoms with Crippen LogP contribution in [-0.2, 0) is 0 Å². The van der Waals surface area contributed by atoms with Crippen molar-refractivity contribution in [3.05, 3.63) is 94.6 Å². The molecule has 212 valence electrons. The molecule has 2 aromatic heterocycles. The third kappa shape index (κ3) is 13.4. The van der Waals surface area contributed by atoms with Crippen molar-refractivity contribution in [2.24, 2.45) is 0 Å². The second-order valence-electron chi connectivity index (χ2n) is 11.6. The molecule has 0 unspecified atom stereocenters. The molecule has 2 nitrogen and oxygen atoms in total. The zero-order valence-electron chi connectivity index (χ0n) is 27.1. The summed E-state index contributed by atoms with van der Waals surface area (Å²) in [6.45, 7) is 30.3. The SMILES string of the molecule is CC.CC(C)c1ccc(C(C)C)cc1.CC(C)c1ccc(C(C)C)nc1.CC(C)c1ccc(C(C)C)nc1. The maximum Gasteiger partial charge on any atom is 0.0429 e. The number of hydrogen-bond acceptors (Lipinski definition) is 2. The molecule has 0 saturated carbocycles. The van der Waals surface area contributed by atoms with Gasteiger partial charge >= 0.3 is 0 Å². The number of aromatic nitrogens is 2. The highest BCUT2D eigenvalue weighted by molar-refractivity contribution is 5.26. The molecule has 0 saturated heterocycles. The summed E-state index contributed by atoms with van der Waals surface area (Å²) in [5.41, 5.74) is 7.86. The Morgan fingerprint density at radius 3 is 0.737 bits per heavy atom. The molecule has 1 aromatic carbocycles. The van der Waals surface area contributed by atoms with Crippen LogP contribution in [0.2, 0.25) is 0 Å². The zero-order chi connectivity index (χ0) is 29.4. The van der Waals surface area contributed by atoms with Gasteiger partial charge in [-0.25, -0.2) is 0 Å². The highest BCUT2D eigenvalue weighted by atomic mass is 14.7. The highest BCUT2D eigenvalue weighted by Crippen LogP contribution is 2.19. The van der Waals surface area contributed by atoms with Crippen molar-refractivity contribution < 1.29 is 0 Å². The first-order valence-corrected chi connectivity index (χ1v) is 14.8. The van der Waals surface area contributed by atoms with Crippen molar-refractivity contribution in [2.75, 3.05) is 0 Å². The molecule has 0 N–H and O–H groups in total. The largest absolute Gasteiger partial charge is 0.261 e. The third-order valence-electron chi connectivity index (χ3n) is 6.40. The molecule has 2 heterocycles. The van der Waals surface area contributed by atoms with E-state index in [2.05, 4.69) is 142 Å². The van der Waals surface area contributed by atoms with Gasteiger partial charge in [0.25, 0.3) is 0 Å². The third-order valence-corrected chi connectivity index (χ3v) is 6.40. The van der Waals surface area contributed by atoms with Gasteiger partial charge in [0.1, 0.15) is 0 Å². The van der Waals surface area contributed by atoms with Gasteiger partial charge in [-0.15, -0.1) is 0 Å². The summed E-state index contributed by atoms with van der Waals surface area (Å²) in [4.78, 5) is 8.80. The first kappa shape index (κ1) is 35.5. The molecule has 0 amide bonds. The summed E-state index contributed by atoms with van der Waals surface area (Å²) in [6.07, 6.45) is 3.97. The minimum atomic E-state index is 0.534. The maximum absolute atomic E-state index is 4.40. The second kappa shape index (κ2) is 18.7. The van der Waals surface area contributed by atoms with Gasteiger partial charge in [0.05, 0.1) is 0 Å². The van der Waals surface area contributed by atoms with Crippen molar-refractivity contribution >= 4 is 0 Å². The van der Waals surface area contributed by atoms with Gasteiger partial charge in [0.2, 0.25) is 0 Å². The topological polar surface area (TPSA) is 25.8 Å². The van der Waals surface area contributed by atoms with Gasteiger partial charge < -0.3 is 0 Å². The molecule has 3 aromatic rings. The molecule has 0 fully saturated rings. The molecular weight excluding hydrogens is 460 g/mol. The van der Waals surface area contributed by atoms with Gasteiger partial charge in [0.15, 0.2) is 0 Å². The number of rotatable bonds is 6. The van der Waals surface area contributed by atoms with E-state index in [1.807, 2.05) is 26.2 Å². The summed E-state index contributed by atoms with van der Waals surface area (Å²) in [5.74, 6) is 3.52. The molecule has 0 aliphatic rings. The molecule has 0 bridgehead atoms. The van der Waals surface area contributed by atoms with E-state index in [1.165, 1.54) is 33.6 Å². The summed E-state index contributed by atoms with van der Waals surface area (Å²) in [7, 11) is 0. The van der Waals surface area contributed by atoms with Gasteiger partial charge in [-0.1, -0.05) is 133 Å². The van der Waals surface area contributed by atoms with Gasteiger partial charge in [-0.05, 0) is 69.9 Å². The van der Waals surface area contributed by atoms with Crippen molar-refractivity contribution in [2.45, 2.75) is 132 Å². The van der Waals surface area contributed by atoms with Crippen LogP contribution in [0.4, 0.5) is 0 Å². The second-order valence-corrected chi connectivity index (χ2v) is 11.6. The van der Waals surface area contributed by atoms with Crippen LogP contribution in [0.1, 0.15) is 166 Å². The predicted molar refractivity (Wildman–Crippen MR) is 171 cm³/mol. The summed E-state index contributed by atoms with van der Waals surface area (Å²) in [6, 6.07) is 17.5. The van der Waals surface area contributed by atoms with Gasteiger partial charge in [-0.3, -0.25) is 9.97 Å². The average molecular weight is 519 g/mol. The van der Waals surface area contributed by atoms with Crippen LogP contribution in [0.3, 0.4) is 0 Å². The monoisotopic (exact) mass is 518 g/mol. The lowest BCUT2D eigenvalue weighted by molar-refractivity contribution is 0.802. The van der Waals surface area contributed by atoms with E-state index in [-0.39, 0.29) is 0 Å². The number of pyridine rings is 2. The molecule has 0 radical (unpaired) electrons. The molecule has 0 spiro atoms. The van der Waals surface area contributed by atoms with E-state index in [4.69, 9.17) is 0 Å². The van der Waals surface area contributed by atoms with Crippen LogP contribution < -0.4 is 0 Å². The lowest BCUT2D eigenvalue weighted by Gasteiger charge is -2.08. The summed E-state index contributed by atoms with van der Waals surface area (Å²) >= 11 is 0. The average Bonchev–Trinajstić information content (AvgIpc) is 2.90. The Kier molecular flexibility index (Phi) is 17.5. The maximum atomic E-state index is 4.40. The molecular formula is C36H58N2. The number of benzene rings is 1. The minimum Gasteiger partial charge on any atom is -0.261 e. The fourth-order valence-corrected chi connectivity index (χ4v) is 3.47. The zero-order valence-corrected chi connectivity index (χ0v) is 27.1. The summed E-state index contributed by atoms with van der Waals surface area (Å²) in [5, 5.41) is 0. The van der Waals surface area contributed by atoms with Crippen LogP contribution in [-0.4, -0.2) is 9.97 Å². The van der Waals surface area contributed by atoms with Crippen LogP contribution in [0.25, 0.3) is 0 Å². The first-order chi connectivity index (χ1) is 17.8. The van der Waals surface area contributed by atoms with E-state index >= 15 is 0 Å². The van der Waals surface area contributed by atoms with Crippen molar-refractivity contribution in [1.82, 2.24) is 9.97 Å². The van der Waals surface area contributed by atoms with E-state index in [0.29, 0.717) is 35.5 Å². The van der Waals surface area contributed by atoms with E-state index in [1.54, 1.807) is 0 Å². The predicted octanol–water partition coefficient (Wildman–Crippen LogP) is 11.6. The summed E-state index contributed by atoms with van der Waals surface area (Å²) < 4.78 is 0. The molecule has 0 aliphatic carbocycles. The quantitative estimate of drug-likeness (QED) is 0.324. The Balaban J connectivity index is 0.000000523. The number of hydrogen-bond donors (Lipinski definition) is 0. The van der Waals surface area contributed by atoms with Crippen LogP contribution in [0, 0.1) is 0 Å². The molecule has 0 aliphatic heterocycles. The van der Waals surface area contributed by atoms with Crippen molar-refractivity contribution in [1.29, 1.82) is 0 Å². The Hall–Kier alpha value is -2.48. The molecule has 3 rings (SSSR count). The molecule has 38 heavy (non-hydrogen) atoms. The lowest BCUT2D eigenvalue weighted by Crippen LogP contribution is -1.94. The van der Waals surface area contributed by atoms with Crippen molar-refractivity contribution in [3.8, 4) is 0 Å². The molecule has 2 heteroatoms. The first-order valence-electron chi connectivity index (χ1n) is 14.8. The highest BCUT2D eigenvalue weighted by Gasteiger charge is 2.03. The van der Waals surface area contributed by atoms with Crippen LogP contribution in [0.15, 0.2) is 60.9 Å². The minimum absolute atomic E-state index is 0.534. The fourth-order valence-electron chi connectivity index (χ4n) is 3.47. The normalized spacial score (nSPS) is 10.7. The number of nitrogens with zero attached hydrogens (tertiary/aromatic N) is 2. The van der Waals surface area contributed by atoms with Crippen LogP contribution >= 0.6 is 0 Å². The van der Waals surface area contributed by atoms with Gasteiger partial charge in [-0.2, -0.15) is 0 Å². The smallest absolute Gasteiger partial charge is 0.0429 e. The Bertz CT molecular complexity index is 748. The lowest BCUT2D eigenvalue weighted by atomic mass is 9.97. The molecule has 0 atom stereocenters. The van der Waals surface area contributed by atoms with E-state index < -0.39 is 0 Å². The standard InChI is InChI=1S/C12H18.2C11H17N.C2H6/c1-9(2)11-5-7-12(8-6-11)10(3)4;2*1-8(2)10-5-6-11(9(3)4)12-7-10;1-2/h5-10H,1-4H3;2*5-9H,1-4H3;1-2H3. The van der Waals surface area contributed by atoms with Gasteiger partial charge in [0, 0.05) is 23.8 Å². The van der Waals surface area contributed by atoms with E-state index in [0.717, 1.165) is 0 Å². The Labute approximate surface area is 236 Å². The Morgan fingerprint density at radius 2 is 0.579 bits per heavy atom. The fraction of sp³-hybridized carbons (Fsp3) is 0.556. The van der Waals surface area contributed by atoms with E-state index in [9.17, 15) is 0 Å². The Morgan fingerprint density at radius 1 is 0.342 bits per heavy atom. The van der Waals surface area contributed by atoms with Crippen molar-refractivity contribution in [3.63, 3.8) is 0 Å².